The van der Waals surface area contributed by atoms with Crippen LogP contribution >= 0.6 is 23.1 Å². The van der Waals surface area contributed by atoms with E-state index >= 15 is 0 Å². The van der Waals surface area contributed by atoms with Gasteiger partial charge >= 0.3 is 0 Å². The molecule has 0 saturated heterocycles. The van der Waals surface area contributed by atoms with Gasteiger partial charge in [-0.25, -0.2) is 4.98 Å². The minimum Gasteiger partial charge on any atom is -0.372 e. The van der Waals surface area contributed by atoms with Crippen LogP contribution < -0.4 is 0 Å². The second kappa shape index (κ2) is 4.93. The van der Waals surface area contributed by atoms with E-state index in [-0.39, 0.29) is 6.10 Å². The SMILES string of the molecule is CSc1nc2sc3c(c2c2nncn12)C[C@H](C(C)C)OC3. The van der Waals surface area contributed by atoms with Crippen LogP contribution in [0.15, 0.2) is 11.5 Å². The highest BCUT2D eigenvalue weighted by molar-refractivity contribution is 7.98. The van der Waals surface area contributed by atoms with Crippen LogP contribution in [0.3, 0.4) is 0 Å². The summed E-state index contributed by atoms with van der Waals surface area (Å²) in [4.78, 5) is 7.12. The van der Waals surface area contributed by atoms with Gasteiger partial charge in [0.1, 0.15) is 11.2 Å². The maximum atomic E-state index is 5.98. The first kappa shape index (κ1) is 13.5. The fourth-order valence-electron chi connectivity index (χ4n) is 2.84. The number of hydrogen-bond donors (Lipinski definition) is 0. The largest absolute Gasteiger partial charge is 0.372 e. The zero-order valence-electron chi connectivity index (χ0n) is 12.2. The second-order valence-electron chi connectivity index (χ2n) is 5.60. The van der Waals surface area contributed by atoms with Crippen molar-refractivity contribution in [3.63, 3.8) is 0 Å². The third-order valence-corrected chi connectivity index (χ3v) is 5.76. The first-order valence-electron chi connectivity index (χ1n) is 6.98. The Morgan fingerprint density at radius 3 is 3.10 bits per heavy atom. The lowest BCUT2D eigenvalue weighted by molar-refractivity contribution is 0.00203. The van der Waals surface area contributed by atoms with Crippen molar-refractivity contribution in [3.8, 4) is 0 Å². The normalized spacial score (nSPS) is 18.8. The Balaban J connectivity index is 1.99. The molecule has 0 spiro atoms. The van der Waals surface area contributed by atoms with Crippen molar-refractivity contribution in [2.45, 2.75) is 38.1 Å². The van der Waals surface area contributed by atoms with Crippen molar-refractivity contribution in [1.29, 1.82) is 0 Å². The van der Waals surface area contributed by atoms with E-state index in [0.29, 0.717) is 12.5 Å². The lowest BCUT2D eigenvalue weighted by Crippen LogP contribution is -2.26. The van der Waals surface area contributed by atoms with Crippen molar-refractivity contribution in [2.75, 3.05) is 6.26 Å². The monoisotopic (exact) mass is 320 g/mol. The molecule has 21 heavy (non-hydrogen) atoms. The smallest absolute Gasteiger partial charge is 0.176 e. The Morgan fingerprint density at radius 1 is 1.48 bits per heavy atom. The van der Waals surface area contributed by atoms with Gasteiger partial charge in [0, 0.05) is 11.3 Å². The maximum absolute atomic E-state index is 5.98. The minimum atomic E-state index is 0.276. The van der Waals surface area contributed by atoms with Crippen molar-refractivity contribution < 1.29 is 4.74 Å². The quantitative estimate of drug-likeness (QED) is 0.536. The molecule has 0 aromatic carbocycles. The van der Waals surface area contributed by atoms with Gasteiger partial charge in [0.05, 0.1) is 18.1 Å². The van der Waals surface area contributed by atoms with Gasteiger partial charge in [0.25, 0.3) is 0 Å². The van der Waals surface area contributed by atoms with Crippen LogP contribution in [0.1, 0.15) is 24.3 Å². The standard InChI is InChI=1S/C14H16N4OS2/c1-7(2)9-4-8-10(5-19-9)21-13-11(8)12-17-15-6-18(12)14(16-13)20-3/h6-7,9H,4-5H2,1-3H3/t9-/m1/s1. The highest BCUT2D eigenvalue weighted by Gasteiger charge is 2.28. The second-order valence-corrected chi connectivity index (χ2v) is 7.46. The highest BCUT2D eigenvalue weighted by Crippen LogP contribution is 2.38. The van der Waals surface area contributed by atoms with E-state index in [1.807, 2.05) is 10.7 Å². The molecule has 0 radical (unpaired) electrons. The van der Waals surface area contributed by atoms with Crippen molar-refractivity contribution >= 4 is 39.0 Å². The van der Waals surface area contributed by atoms with E-state index in [2.05, 4.69) is 24.0 Å². The number of hydrogen-bond acceptors (Lipinski definition) is 6. The van der Waals surface area contributed by atoms with Crippen molar-refractivity contribution in [2.24, 2.45) is 5.92 Å². The average Bonchev–Trinajstić information content (AvgIpc) is 3.08. The van der Waals surface area contributed by atoms with Gasteiger partial charge in [0.2, 0.25) is 0 Å². The molecule has 0 saturated carbocycles. The Morgan fingerprint density at radius 2 is 2.33 bits per heavy atom. The van der Waals surface area contributed by atoms with Gasteiger partial charge < -0.3 is 4.74 Å². The molecule has 0 unspecified atom stereocenters. The molecule has 4 heterocycles. The summed E-state index contributed by atoms with van der Waals surface area (Å²) in [5.74, 6) is 0.514. The molecule has 0 amide bonds. The number of ether oxygens (including phenoxy) is 1. The molecule has 1 aliphatic heterocycles. The zero-order chi connectivity index (χ0) is 14.6. The molecule has 110 valence electrons. The number of rotatable bonds is 2. The van der Waals surface area contributed by atoms with Crippen LogP contribution in [-0.4, -0.2) is 31.9 Å². The number of aromatic nitrogens is 4. The van der Waals surface area contributed by atoms with Gasteiger partial charge in [-0.1, -0.05) is 25.6 Å². The summed E-state index contributed by atoms with van der Waals surface area (Å²) < 4.78 is 7.97. The molecular weight excluding hydrogens is 304 g/mol. The molecular formula is C14H16N4OS2. The summed E-state index contributed by atoms with van der Waals surface area (Å²) in [7, 11) is 0. The summed E-state index contributed by atoms with van der Waals surface area (Å²) in [6, 6.07) is 0. The zero-order valence-corrected chi connectivity index (χ0v) is 13.8. The Kier molecular flexibility index (Phi) is 3.16. The number of thiophene rings is 1. The van der Waals surface area contributed by atoms with Gasteiger partial charge in [-0.3, -0.25) is 4.40 Å². The first-order valence-corrected chi connectivity index (χ1v) is 9.02. The maximum Gasteiger partial charge on any atom is 0.176 e. The van der Waals surface area contributed by atoms with E-state index in [1.165, 1.54) is 15.8 Å². The summed E-state index contributed by atoms with van der Waals surface area (Å²) in [6.07, 6.45) is 4.99. The molecule has 7 heteroatoms. The Labute approximate surface area is 130 Å². The molecule has 1 atom stereocenters. The summed E-state index contributed by atoms with van der Waals surface area (Å²) in [5, 5.41) is 10.5. The van der Waals surface area contributed by atoms with Gasteiger partial charge in [0.15, 0.2) is 10.8 Å². The van der Waals surface area contributed by atoms with Gasteiger partial charge in [-0.15, -0.1) is 21.5 Å². The van der Waals surface area contributed by atoms with Crippen molar-refractivity contribution in [3.05, 3.63) is 16.8 Å². The Bertz CT molecular complexity index is 823. The molecule has 3 aromatic rings. The number of thioether (sulfide) groups is 1. The average molecular weight is 320 g/mol. The lowest BCUT2D eigenvalue weighted by atomic mass is 9.96. The third kappa shape index (κ3) is 1.98. The van der Waals surface area contributed by atoms with Crippen LogP contribution in [-0.2, 0) is 17.8 Å². The van der Waals surface area contributed by atoms with E-state index in [1.54, 1.807) is 29.4 Å². The van der Waals surface area contributed by atoms with Gasteiger partial charge in [-0.2, -0.15) is 0 Å². The summed E-state index contributed by atoms with van der Waals surface area (Å²) >= 11 is 3.35. The van der Waals surface area contributed by atoms with Crippen LogP contribution in [0.25, 0.3) is 15.9 Å². The minimum absolute atomic E-state index is 0.276. The van der Waals surface area contributed by atoms with Crippen LogP contribution in [0, 0.1) is 5.92 Å². The molecule has 0 N–H and O–H groups in total. The lowest BCUT2D eigenvalue weighted by Gasteiger charge is -2.26. The summed E-state index contributed by atoms with van der Waals surface area (Å²) in [6.45, 7) is 5.11. The molecule has 0 aliphatic carbocycles. The molecule has 4 rings (SSSR count). The summed E-state index contributed by atoms with van der Waals surface area (Å²) in [5.41, 5.74) is 2.28. The fourth-order valence-corrected chi connectivity index (χ4v) is 4.53. The van der Waals surface area contributed by atoms with E-state index in [9.17, 15) is 0 Å². The molecule has 0 fully saturated rings. The van der Waals surface area contributed by atoms with E-state index in [4.69, 9.17) is 9.72 Å². The highest BCUT2D eigenvalue weighted by atomic mass is 32.2. The fraction of sp³-hybridized carbons (Fsp3) is 0.500. The Hall–Kier alpha value is -1.18. The van der Waals surface area contributed by atoms with Gasteiger partial charge in [-0.05, 0) is 17.7 Å². The third-order valence-electron chi connectivity index (χ3n) is 4.01. The number of nitrogens with zero attached hydrogens (tertiary/aromatic N) is 4. The predicted molar refractivity (Wildman–Crippen MR) is 85.1 cm³/mol. The molecule has 3 aromatic heterocycles. The van der Waals surface area contributed by atoms with E-state index < -0.39 is 0 Å². The van der Waals surface area contributed by atoms with Crippen LogP contribution in [0.5, 0.6) is 0 Å². The molecule has 0 bridgehead atoms. The molecule has 5 nitrogen and oxygen atoms in total. The van der Waals surface area contributed by atoms with Crippen LogP contribution in [0.2, 0.25) is 0 Å². The van der Waals surface area contributed by atoms with Crippen molar-refractivity contribution in [1.82, 2.24) is 19.6 Å². The predicted octanol–water partition coefficient (Wildman–Crippen LogP) is 3.16. The van der Waals surface area contributed by atoms with E-state index in [0.717, 1.165) is 22.1 Å². The molecule has 1 aliphatic rings. The topological polar surface area (TPSA) is 52.3 Å². The van der Waals surface area contributed by atoms with Crippen LogP contribution in [0.4, 0.5) is 0 Å². The first-order chi connectivity index (χ1) is 10.2. The number of fused-ring (bicyclic) bond motifs is 5.